The van der Waals surface area contributed by atoms with Gasteiger partial charge in [0.05, 0.1) is 13.2 Å². The van der Waals surface area contributed by atoms with Crippen LogP contribution in [0.2, 0.25) is 0 Å². The number of benzene rings is 2. The topological polar surface area (TPSA) is 63.2 Å². The lowest BCUT2D eigenvalue weighted by Gasteiger charge is -2.22. The SMILES string of the molecule is CCOC(=O)C(Cc1ccc(OCCOC2CCCCO2)cc1)Oc1ccccc1. The molecule has 0 amide bonds. The van der Waals surface area contributed by atoms with E-state index in [1.807, 2.05) is 54.6 Å². The molecule has 1 heterocycles. The molecule has 0 saturated carbocycles. The summed E-state index contributed by atoms with van der Waals surface area (Å²) in [6.07, 6.45) is 2.80. The van der Waals surface area contributed by atoms with Crippen LogP contribution in [0.1, 0.15) is 31.7 Å². The van der Waals surface area contributed by atoms with Gasteiger partial charge in [-0.05, 0) is 56.0 Å². The first-order valence-corrected chi connectivity index (χ1v) is 10.6. The van der Waals surface area contributed by atoms with Gasteiger partial charge in [0.15, 0.2) is 12.4 Å². The summed E-state index contributed by atoms with van der Waals surface area (Å²) in [4.78, 5) is 12.3. The Morgan fingerprint density at radius 2 is 1.83 bits per heavy atom. The Bertz CT molecular complexity index is 740. The van der Waals surface area contributed by atoms with Crippen LogP contribution in [0.5, 0.6) is 11.5 Å². The third kappa shape index (κ3) is 7.35. The molecule has 0 aliphatic carbocycles. The Hall–Kier alpha value is -2.57. The Morgan fingerprint density at radius 3 is 2.53 bits per heavy atom. The van der Waals surface area contributed by atoms with E-state index in [-0.39, 0.29) is 12.3 Å². The highest BCUT2D eigenvalue weighted by atomic mass is 16.7. The summed E-state index contributed by atoms with van der Waals surface area (Å²) in [7, 11) is 0. The van der Waals surface area contributed by atoms with Crippen molar-refractivity contribution in [3.63, 3.8) is 0 Å². The summed E-state index contributed by atoms with van der Waals surface area (Å²) in [5, 5.41) is 0. The molecular weight excluding hydrogens is 384 g/mol. The maximum Gasteiger partial charge on any atom is 0.347 e. The zero-order chi connectivity index (χ0) is 21.0. The number of hydrogen-bond acceptors (Lipinski definition) is 6. The van der Waals surface area contributed by atoms with Crippen LogP contribution in [-0.4, -0.2) is 44.8 Å². The van der Waals surface area contributed by atoms with E-state index in [1.54, 1.807) is 6.92 Å². The Kier molecular flexibility index (Phi) is 9.00. The Labute approximate surface area is 178 Å². The highest BCUT2D eigenvalue weighted by molar-refractivity contribution is 5.75. The average Bonchev–Trinajstić information content (AvgIpc) is 2.79. The van der Waals surface area contributed by atoms with Crippen molar-refractivity contribution in [2.75, 3.05) is 26.4 Å². The largest absolute Gasteiger partial charge is 0.491 e. The summed E-state index contributed by atoms with van der Waals surface area (Å²) in [6.45, 7) is 3.82. The van der Waals surface area contributed by atoms with E-state index in [2.05, 4.69) is 0 Å². The number of rotatable bonds is 11. The predicted octanol–water partition coefficient (Wildman–Crippen LogP) is 4.16. The highest BCUT2D eigenvalue weighted by Crippen LogP contribution is 2.18. The van der Waals surface area contributed by atoms with Crippen molar-refractivity contribution in [3.05, 3.63) is 60.2 Å². The lowest BCUT2D eigenvalue weighted by Crippen LogP contribution is -2.31. The lowest BCUT2D eigenvalue weighted by molar-refractivity contribution is -0.165. The van der Waals surface area contributed by atoms with Crippen LogP contribution in [0, 0.1) is 0 Å². The smallest absolute Gasteiger partial charge is 0.347 e. The monoisotopic (exact) mass is 414 g/mol. The first-order valence-electron chi connectivity index (χ1n) is 10.6. The number of carbonyl (C=O) groups is 1. The van der Waals surface area contributed by atoms with Gasteiger partial charge in [-0.2, -0.15) is 0 Å². The van der Waals surface area contributed by atoms with Crippen LogP contribution in [-0.2, 0) is 25.4 Å². The minimum absolute atomic E-state index is 0.103. The number of hydrogen-bond donors (Lipinski definition) is 0. The molecule has 1 fully saturated rings. The molecule has 1 aliphatic rings. The van der Waals surface area contributed by atoms with E-state index in [4.69, 9.17) is 23.7 Å². The number of esters is 1. The molecule has 2 atom stereocenters. The number of ether oxygens (including phenoxy) is 5. The van der Waals surface area contributed by atoms with Crippen molar-refractivity contribution in [2.45, 2.75) is 45.0 Å². The highest BCUT2D eigenvalue weighted by Gasteiger charge is 2.22. The molecule has 2 unspecified atom stereocenters. The van der Waals surface area contributed by atoms with E-state index >= 15 is 0 Å². The molecule has 2 aromatic rings. The van der Waals surface area contributed by atoms with Crippen LogP contribution in [0.3, 0.4) is 0 Å². The summed E-state index contributed by atoms with van der Waals surface area (Å²) < 4.78 is 28.0. The van der Waals surface area contributed by atoms with Gasteiger partial charge >= 0.3 is 5.97 Å². The van der Waals surface area contributed by atoms with Gasteiger partial charge in [-0.3, -0.25) is 0 Å². The predicted molar refractivity (Wildman–Crippen MR) is 113 cm³/mol. The molecule has 1 aliphatic heterocycles. The molecule has 0 bridgehead atoms. The second-order valence-corrected chi connectivity index (χ2v) is 7.04. The fourth-order valence-corrected chi connectivity index (χ4v) is 3.19. The van der Waals surface area contributed by atoms with Crippen LogP contribution in [0.25, 0.3) is 0 Å². The Balaban J connectivity index is 1.48. The van der Waals surface area contributed by atoms with Gasteiger partial charge in [0.2, 0.25) is 0 Å². The van der Waals surface area contributed by atoms with Crippen LogP contribution < -0.4 is 9.47 Å². The van der Waals surface area contributed by atoms with Gasteiger partial charge in [0.25, 0.3) is 0 Å². The van der Waals surface area contributed by atoms with E-state index in [0.717, 1.165) is 37.2 Å². The van der Waals surface area contributed by atoms with E-state index in [9.17, 15) is 4.79 Å². The van der Waals surface area contributed by atoms with Crippen LogP contribution >= 0.6 is 0 Å². The third-order valence-electron chi connectivity index (χ3n) is 4.71. The fourth-order valence-electron chi connectivity index (χ4n) is 3.19. The molecule has 0 aromatic heterocycles. The molecule has 0 spiro atoms. The quantitative estimate of drug-likeness (QED) is 0.406. The first-order chi connectivity index (χ1) is 14.7. The molecule has 162 valence electrons. The van der Waals surface area contributed by atoms with E-state index in [1.165, 1.54) is 0 Å². The van der Waals surface area contributed by atoms with Gasteiger partial charge in [-0.25, -0.2) is 4.79 Å². The summed E-state index contributed by atoms with van der Waals surface area (Å²) in [5.41, 5.74) is 0.961. The summed E-state index contributed by atoms with van der Waals surface area (Å²) in [5.74, 6) is 1.02. The normalized spacial score (nSPS) is 17.2. The van der Waals surface area contributed by atoms with Crippen LogP contribution in [0.15, 0.2) is 54.6 Å². The molecule has 6 nitrogen and oxygen atoms in total. The summed E-state index contributed by atoms with van der Waals surface area (Å²) >= 11 is 0. The van der Waals surface area contributed by atoms with Crippen LogP contribution in [0.4, 0.5) is 0 Å². The maximum atomic E-state index is 12.3. The van der Waals surface area contributed by atoms with Gasteiger partial charge in [-0.15, -0.1) is 0 Å². The minimum Gasteiger partial charge on any atom is -0.491 e. The van der Waals surface area contributed by atoms with Gasteiger partial charge < -0.3 is 23.7 Å². The van der Waals surface area contributed by atoms with Crippen molar-refractivity contribution >= 4 is 5.97 Å². The van der Waals surface area contributed by atoms with E-state index in [0.29, 0.717) is 32.0 Å². The van der Waals surface area contributed by atoms with Crippen molar-refractivity contribution < 1.29 is 28.5 Å². The molecular formula is C24H30O6. The zero-order valence-electron chi connectivity index (χ0n) is 17.5. The van der Waals surface area contributed by atoms with Gasteiger partial charge in [0.1, 0.15) is 18.1 Å². The fraction of sp³-hybridized carbons (Fsp3) is 0.458. The number of para-hydroxylation sites is 1. The molecule has 30 heavy (non-hydrogen) atoms. The molecule has 2 aromatic carbocycles. The van der Waals surface area contributed by atoms with Crippen molar-refractivity contribution in [2.24, 2.45) is 0 Å². The third-order valence-corrected chi connectivity index (χ3v) is 4.71. The Morgan fingerprint density at radius 1 is 1.03 bits per heavy atom. The molecule has 1 saturated heterocycles. The molecule has 0 N–H and O–H groups in total. The van der Waals surface area contributed by atoms with Crippen molar-refractivity contribution in [1.82, 2.24) is 0 Å². The standard InChI is InChI=1S/C24H30O6/c1-2-26-24(25)22(30-21-8-4-3-5-9-21)18-19-11-13-20(14-12-19)27-16-17-29-23-10-6-7-15-28-23/h3-5,8-9,11-14,22-23H,2,6-7,10,15-18H2,1H3. The van der Waals surface area contributed by atoms with Crippen molar-refractivity contribution in [1.29, 1.82) is 0 Å². The van der Waals surface area contributed by atoms with E-state index < -0.39 is 6.10 Å². The second-order valence-electron chi connectivity index (χ2n) is 7.04. The second kappa shape index (κ2) is 12.2. The zero-order valence-corrected chi connectivity index (χ0v) is 17.5. The summed E-state index contributed by atoms with van der Waals surface area (Å²) in [6, 6.07) is 16.9. The maximum absolute atomic E-state index is 12.3. The molecule has 0 radical (unpaired) electrons. The first kappa shape index (κ1) is 22.1. The molecule has 6 heteroatoms. The van der Waals surface area contributed by atoms with Gasteiger partial charge in [0, 0.05) is 13.0 Å². The molecule has 3 rings (SSSR count). The van der Waals surface area contributed by atoms with Gasteiger partial charge in [-0.1, -0.05) is 30.3 Å². The van der Waals surface area contributed by atoms with Crippen molar-refractivity contribution in [3.8, 4) is 11.5 Å². The minimum atomic E-state index is -0.706. The number of carbonyl (C=O) groups excluding carboxylic acids is 1. The lowest BCUT2D eigenvalue weighted by atomic mass is 10.1. The average molecular weight is 414 g/mol.